The van der Waals surface area contributed by atoms with E-state index in [1.165, 1.54) is 13.8 Å². The number of rotatable bonds is 2. The molecule has 10 atom stereocenters. The molecule has 9 nitrogen and oxygen atoms in total. The van der Waals surface area contributed by atoms with Crippen molar-refractivity contribution in [2.24, 2.45) is 0 Å². The first-order valence-corrected chi connectivity index (χ1v) is 6.78. The molecular weight excluding hydrogens is 288 g/mol. The van der Waals surface area contributed by atoms with Crippen LogP contribution in [0.5, 0.6) is 0 Å². The maximum absolute atomic E-state index is 9.96. The van der Waals surface area contributed by atoms with E-state index in [4.69, 9.17) is 14.2 Å². The van der Waals surface area contributed by atoms with Gasteiger partial charge in [-0.3, -0.25) is 0 Å². The molecule has 0 aliphatic carbocycles. The predicted molar refractivity (Wildman–Crippen MR) is 65.8 cm³/mol. The van der Waals surface area contributed by atoms with Crippen LogP contribution in [0.3, 0.4) is 0 Å². The average molecular weight is 310 g/mol. The Balaban J connectivity index is 2.08. The number of hydrogen-bond donors (Lipinski definition) is 6. The summed E-state index contributed by atoms with van der Waals surface area (Å²) in [6.07, 6.45) is -13.0. The topological polar surface area (TPSA) is 149 Å². The van der Waals surface area contributed by atoms with Gasteiger partial charge in [0.25, 0.3) is 0 Å². The van der Waals surface area contributed by atoms with Gasteiger partial charge in [-0.25, -0.2) is 0 Å². The van der Waals surface area contributed by atoms with Gasteiger partial charge in [-0.05, 0) is 13.8 Å². The summed E-state index contributed by atoms with van der Waals surface area (Å²) >= 11 is 0. The van der Waals surface area contributed by atoms with Gasteiger partial charge >= 0.3 is 0 Å². The highest BCUT2D eigenvalue weighted by Gasteiger charge is 2.48. The summed E-state index contributed by atoms with van der Waals surface area (Å²) in [7, 11) is 0. The van der Waals surface area contributed by atoms with Gasteiger partial charge < -0.3 is 44.8 Å². The van der Waals surface area contributed by atoms with Crippen molar-refractivity contribution in [3.8, 4) is 0 Å². The minimum Gasteiger partial charge on any atom is -0.388 e. The second-order valence-electron chi connectivity index (χ2n) is 5.50. The van der Waals surface area contributed by atoms with E-state index in [9.17, 15) is 30.6 Å². The molecular formula is C12H22O9. The van der Waals surface area contributed by atoms with E-state index in [1.54, 1.807) is 0 Å². The van der Waals surface area contributed by atoms with Gasteiger partial charge in [-0.1, -0.05) is 0 Å². The molecule has 0 amide bonds. The zero-order chi connectivity index (χ0) is 15.9. The van der Waals surface area contributed by atoms with E-state index in [0.717, 1.165) is 0 Å². The van der Waals surface area contributed by atoms with Gasteiger partial charge in [0.2, 0.25) is 0 Å². The standard InChI is InChI=1S/C12H22O9/c1-3-5(13)7(15)8(16)12(20-3)21-10-6(14)4(2)19-11(18)9(10)17/h3-18H,1-2H3/t3-,4+,5-,6-,7+,8+,9+,10-,11?,12-/m0/s1. The molecule has 2 saturated heterocycles. The van der Waals surface area contributed by atoms with Crippen LogP contribution in [-0.4, -0.2) is 92.1 Å². The molecule has 2 aliphatic heterocycles. The zero-order valence-corrected chi connectivity index (χ0v) is 11.7. The monoisotopic (exact) mass is 310 g/mol. The third-order valence-corrected chi connectivity index (χ3v) is 3.90. The normalized spacial score (nSPS) is 55.4. The van der Waals surface area contributed by atoms with E-state index in [1.807, 2.05) is 0 Å². The summed E-state index contributed by atoms with van der Waals surface area (Å²) in [6.45, 7) is 2.96. The Labute approximate surface area is 121 Å². The zero-order valence-electron chi connectivity index (χ0n) is 11.7. The van der Waals surface area contributed by atoms with Crippen LogP contribution in [-0.2, 0) is 14.2 Å². The van der Waals surface area contributed by atoms with Crippen LogP contribution in [0.1, 0.15) is 13.8 Å². The van der Waals surface area contributed by atoms with Crippen molar-refractivity contribution >= 4 is 0 Å². The quantitative estimate of drug-likeness (QED) is 0.308. The Kier molecular flexibility index (Phi) is 5.19. The van der Waals surface area contributed by atoms with Crippen LogP contribution < -0.4 is 0 Å². The summed E-state index contributed by atoms with van der Waals surface area (Å²) in [4.78, 5) is 0. The number of aliphatic hydroxyl groups excluding tert-OH is 6. The Morgan fingerprint density at radius 1 is 0.667 bits per heavy atom. The minimum atomic E-state index is -1.56. The van der Waals surface area contributed by atoms with Crippen LogP contribution in [0.15, 0.2) is 0 Å². The molecule has 0 radical (unpaired) electrons. The summed E-state index contributed by atoms with van der Waals surface area (Å²) in [5, 5.41) is 58.4. The third-order valence-electron chi connectivity index (χ3n) is 3.90. The maximum Gasteiger partial charge on any atom is 0.187 e. The summed E-state index contributed by atoms with van der Waals surface area (Å²) in [5.41, 5.74) is 0. The molecule has 2 rings (SSSR count). The Bertz CT molecular complexity index is 340. The van der Waals surface area contributed by atoms with Crippen molar-refractivity contribution < 1.29 is 44.8 Å². The minimum absolute atomic E-state index is 0.804. The van der Waals surface area contributed by atoms with Crippen molar-refractivity contribution in [3.05, 3.63) is 0 Å². The Morgan fingerprint density at radius 3 is 1.86 bits per heavy atom. The first kappa shape index (κ1) is 17.0. The van der Waals surface area contributed by atoms with E-state index < -0.39 is 61.4 Å². The lowest BCUT2D eigenvalue weighted by Gasteiger charge is -2.44. The van der Waals surface area contributed by atoms with Gasteiger partial charge in [-0.15, -0.1) is 0 Å². The molecule has 0 spiro atoms. The molecule has 0 aromatic carbocycles. The Hall–Kier alpha value is -0.360. The van der Waals surface area contributed by atoms with Gasteiger partial charge in [0, 0.05) is 0 Å². The summed E-state index contributed by atoms with van der Waals surface area (Å²) < 4.78 is 15.4. The van der Waals surface area contributed by atoms with Crippen LogP contribution in [0.4, 0.5) is 0 Å². The first-order valence-electron chi connectivity index (χ1n) is 6.78. The highest BCUT2D eigenvalue weighted by atomic mass is 16.7. The highest BCUT2D eigenvalue weighted by Crippen LogP contribution is 2.28. The fourth-order valence-corrected chi connectivity index (χ4v) is 2.45. The second kappa shape index (κ2) is 6.41. The van der Waals surface area contributed by atoms with Gasteiger partial charge in [-0.2, -0.15) is 0 Å². The van der Waals surface area contributed by atoms with Crippen LogP contribution in [0.2, 0.25) is 0 Å². The SMILES string of the molecule is C[C@@H]1O[C@@H](O[C@H]2[C@@H](O)[C@@H](C)OC(O)[C@@H]2O)[C@H](O)[C@H](O)[C@H]1O. The summed E-state index contributed by atoms with van der Waals surface area (Å²) in [5.74, 6) is 0. The van der Waals surface area contributed by atoms with Gasteiger partial charge in [0.15, 0.2) is 12.6 Å². The molecule has 0 aromatic rings. The fraction of sp³-hybridized carbons (Fsp3) is 1.00. The average Bonchev–Trinajstić information content (AvgIpc) is 2.44. The molecule has 1 unspecified atom stereocenters. The smallest absolute Gasteiger partial charge is 0.187 e. The molecule has 124 valence electrons. The molecule has 2 fully saturated rings. The van der Waals surface area contributed by atoms with Crippen LogP contribution in [0.25, 0.3) is 0 Å². The lowest BCUT2D eigenvalue weighted by Crippen LogP contribution is -2.63. The van der Waals surface area contributed by atoms with E-state index in [0.29, 0.717) is 0 Å². The first-order chi connectivity index (χ1) is 9.73. The molecule has 21 heavy (non-hydrogen) atoms. The summed E-state index contributed by atoms with van der Waals surface area (Å²) in [6, 6.07) is 0. The van der Waals surface area contributed by atoms with E-state index >= 15 is 0 Å². The fourth-order valence-electron chi connectivity index (χ4n) is 2.45. The van der Waals surface area contributed by atoms with Gasteiger partial charge in [0.05, 0.1) is 12.2 Å². The van der Waals surface area contributed by atoms with Crippen molar-refractivity contribution in [3.63, 3.8) is 0 Å². The van der Waals surface area contributed by atoms with E-state index in [2.05, 4.69) is 0 Å². The number of hydrogen-bond acceptors (Lipinski definition) is 9. The van der Waals surface area contributed by atoms with E-state index in [-0.39, 0.29) is 0 Å². The molecule has 2 heterocycles. The van der Waals surface area contributed by atoms with Crippen molar-refractivity contribution in [2.75, 3.05) is 0 Å². The Morgan fingerprint density at radius 2 is 1.24 bits per heavy atom. The van der Waals surface area contributed by atoms with Crippen LogP contribution in [0, 0.1) is 0 Å². The largest absolute Gasteiger partial charge is 0.388 e. The molecule has 0 saturated carbocycles. The number of aliphatic hydroxyl groups is 6. The molecule has 0 aromatic heterocycles. The second-order valence-corrected chi connectivity index (χ2v) is 5.50. The predicted octanol–water partition coefficient (Wildman–Crippen LogP) is -3.34. The lowest BCUT2D eigenvalue weighted by atomic mass is 9.97. The third kappa shape index (κ3) is 3.21. The van der Waals surface area contributed by atoms with Gasteiger partial charge in [0.1, 0.15) is 36.6 Å². The molecule has 0 bridgehead atoms. The van der Waals surface area contributed by atoms with Crippen molar-refractivity contribution in [1.82, 2.24) is 0 Å². The molecule has 9 heteroatoms. The van der Waals surface area contributed by atoms with Crippen LogP contribution >= 0.6 is 0 Å². The maximum atomic E-state index is 9.96. The van der Waals surface area contributed by atoms with Crippen molar-refractivity contribution in [1.29, 1.82) is 0 Å². The van der Waals surface area contributed by atoms with Crippen molar-refractivity contribution in [2.45, 2.75) is 75.3 Å². The lowest BCUT2D eigenvalue weighted by molar-refractivity contribution is -0.349. The molecule has 2 aliphatic rings. The molecule has 6 N–H and O–H groups in total. The highest BCUT2D eigenvalue weighted by molar-refractivity contribution is 4.92. The number of ether oxygens (including phenoxy) is 3.